The van der Waals surface area contributed by atoms with Crippen LogP contribution >= 0.6 is 11.8 Å². The minimum atomic E-state index is -5.67. The molecule has 0 spiro atoms. The maximum atomic E-state index is 13.2. The van der Waals surface area contributed by atoms with Crippen molar-refractivity contribution < 1.29 is 31.5 Å². The van der Waals surface area contributed by atoms with Gasteiger partial charge in [0.1, 0.15) is 5.75 Å². The number of alkyl halides is 5. The molecule has 0 aliphatic heterocycles. The smallest absolute Gasteiger partial charge is 0.458 e. The summed E-state index contributed by atoms with van der Waals surface area (Å²) in [6.07, 6.45) is -3.78. The number of Topliss-reactive ketones (excluding diaryl/α,β-unsaturated/α-hetero) is 1. The molecule has 2 aromatic rings. The number of thioether (sulfide) groups is 1. The number of benzene rings is 2. The molecule has 2 aromatic carbocycles. The summed E-state index contributed by atoms with van der Waals surface area (Å²) in [4.78, 5) is 13.0. The molecule has 0 heterocycles. The molecule has 0 bridgehead atoms. The summed E-state index contributed by atoms with van der Waals surface area (Å²) >= 11 is 1.52. The first-order valence-corrected chi connectivity index (χ1v) is 8.23. The molecule has 0 aliphatic carbocycles. The van der Waals surface area contributed by atoms with Gasteiger partial charge in [-0.3, -0.25) is 4.79 Å². The molecular weight excluding hydrogens is 363 g/mol. The van der Waals surface area contributed by atoms with E-state index in [2.05, 4.69) is 0 Å². The van der Waals surface area contributed by atoms with Gasteiger partial charge in [-0.2, -0.15) is 22.0 Å². The molecule has 0 amide bonds. The fourth-order valence-electron chi connectivity index (χ4n) is 1.93. The van der Waals surface area contributed by atoms with Gasteiger partial charge in [0.05, 0.1) is 0 Å². The van der Waals surface area contributed by atoms with Crippen LogP contribution in [0, 0.1) is 0 Å². The lowest BCUT2D eigenvalue weighted by atomic mass is 10.1. The number of carbonyl (C=O) groups is 1. The highest BCUT2D eigenvalue weighted by atomic mass is 32.2. The highest BCUT2D eigenvalue weighted by molar-refractivity contribution is 7.98. The first-order chi connectivity index (χ1) is 11.6. The monoisotopic (exact) mass is 376 g/mol. The quantitative estimate of drug-likeness (QED) is 0.388. The maximum absolute atomic E-state index is 13.2. The third kappa shape index (κ3) is 4.50. The number of carbonyl (C=O) groups excluding carboxylic acids is 1. The van der Waals surface area contributed by atoms with Crippen LogP contribution in [0.25, 0.3) is 0 Å². The Labute approximate surface area is 145 Å². The van der Waals surface area contributed by atoms with Crippen molar-refractivity contribution in [3.63, 3.8) is 0 Å². The van der Waals surface area contributed by atoms with Crippen molar-refractivity contribution in [3.05, 3.63) is 59.7 Å². The molecule has 2 nitrogen and oxygen atoms in total. The van der Waals surface area contributed by atoms with E-state index in [1.165, 1.54) is 11.8 Å². The van der Waals surface area contributed by atoms with Crippen LogP contribution in [0.3, 0.4) is 0 Å². The van der Waals surface area contributed by atoms with Crippen molar-refractivity contribution >= 4 is 17.5 Å². The van der Waals surface area contributed by atoms with Crippen LogP contribution in [0.15, 0.2) is 53.4 Å². The van der Waals surface area contributed by atoms with E-state index in [1.54, 1.807) is 24.3 Å². The predicted octanol–water partition coefficient (Wildman–Crippen LogP) is 5.32. The van der Waals surface area contributed by atoms with Crippen molar-refractivity contribution in [3.8, 4) is 5.75 Å². The number of halogens is 5. The zero-order valence-corrected chi connectivity index (χ0v) is 13.8. The fourth-order valence-corrected chi connectivity index (χ4v) is 2.34. The zero-order valence-electron chi connectivity index (χ0n) is 12.9. The second-order valence-corrected chi connectivity index (χ2v) is 5.92. The number of hydrogen-bond donors (Lipinski definition) is 0. The van der Waals surface area contributed by atoms with Crippen molar-refractivity contribution in [2.45, 2.75) is 17.0 Å². The molecule has 0 fully saturated rings. The predicted molar refractivity (Wildman–Crippen MR) is 84.4 cm³/mol. The Morgan fingerprint density at radius 2 is 1.52 bits per heavy atom. The first-order valence-electron chi connectivity index (χ1n) is 7.00. The highest BCUT2D eigenvalue weighted by Crippen LogP contribution is 2.44. The molecule has 0 aromatic heterocycles. The van der Waals surface area contributed by atoms with Crippen LogP contribution in [-0.4, -0.2) is 24.8 Å². The molecule has 0 aliphatic rings. The Morgan fingerprint density at radius 1 is 0.960 bits per heavy atom. The second-order valence-electron chi connectivity index (χ2n) is 5.04. The number of ether oxygens (including phenoxy) is 1. The molecule has 8 heteroatoms. The number of rotatable bonds is 6. The summed E-state index contributed by atoms with van der Waals surface area (Å²) in [5.74, 6) is -5.26. The topological polar surface area (TPSA) is 26.3 Å². The van der Waals surface area contributed by atoms with E-state index in [0.717, 1.165) is 17.0 Å². The molecule has 0 atom stereocenters. The minimum absolute atomic E-state index is 0.0239. The molecule has 25 heavy (non-hydrogen) atoms. The van der Waals surface area contributed by atoms with Gasteiger partial charge in [0.15, 0.2) is 12.4 Å². The third-order valence-electron chi connectivity index (χ3n) is 3.35. The number of hydrogen-bond acceptors (Lipinski definition) is 3. The van der Waals surface area contributed by atoms with Gasteiger partial charge in [-0.1, -0.05) is 12.1 Å². The van der Waals surface area contributed by atoms with Gasteiger partial charge in [-0.25, -0.2) is 0 Å². The Morgan fingerprint density at radius 3 is 2.00 bits per heavy atom. The molecule has 0 unspecified atom stereocenters. The van der Waals surface area contributed by atoms with Crippen molar-refractivity contribution in [2.24, 2.45) is 0 Å². The molecule has 0 saturated carbocycles. The second kappa shape index (κ2) is 7.43. The van der Waals surface area contributed by atoms with E-state index in [0.29, 0.717) is 17.7 Å². The van der Waals surface area contributed by atoms with E-state index in [4.69, 9.17) is 4.74 Å². The van der Waals surface area contributed by atoms with Gasteiger partial charge >= 0.3 is 12.1 Å². The van der Waals surface area contributed by atoms with E-state index in [-0.39, 0.29) is 18.1 Å². The summed E-state index contributed by atoms with van der Waals surface area (Å²) in [5.41, 5.74) is -0.774. The van der Waals surface area contributed by atoms with Crippen LogP contribution in [0.2, 0.25) is 0 Å². The van der Waals surface area contributed by atoms with E-state index >= 15 is 0 Å². The van der Waals surface area contributed by atoms with Gasteiger partial charge in [0.25, 0.3) is 0 Å². The Hall–Kier alpha value is -2.09. The van der Waals surface area contributed by atoms with Crippen LogP contribution in [0.1, 0.15) is 15.9 Å². The van der Waals surface area contributed by atoms with Crippen molar-refractivity contribution in [1.82, 2.24) is 0 Å². The lowest BCUT2D eigenvalue weighted by molar-refractivity contribution is -0.289. The first kappa shape index (κ1) is 19.2. The average Bonchev–Trinajstić information content (AvgIpc) is 2.59. The Balaban J connectivity index is 2.00. The summed E-state index contributed by atoms with van der Waals surface area (Å²) < 4.78 is 68.4. The van der Waals surface area contributed by atoms with Crippen molar-refractivity contribution in [1.29, 1.82) is 0 Å². The van der Waals surface area contributed by atoms with Crippen LogP contribution in [0.4, 0.5) is 22.0 Å². The normalized spacial score (nSPS) is 12.1. The molecule has 2 rings (SSSR count). The standard InChI is InChI=1S/C17H13F5O2S/c1-25-14-8-2-11(3-9-14)15(23)10-24-13-6-4-12(5-7-13)16(18,19)17(20,21)22/h2-9H,10H2,1H3. The summed E-state index contributed by atoms with van der Waals surface area (Å²) in [6, 6.07) is 9.99. The Kier molecular flexibility index (Phi) is 5.72. The summed E-state index contributed by atoms with van der Waals surface area (Å²) in [6.45, 7) is -0.354. The minimum Gasteiger partial charge on any atom is -0.485 e. The van der Waals surface area contributed by atoms with Gasteiger partial charge in [-0.05, 0) is 42.7 Å². The molecular formula is C17H13F5O2S. The van der Waals surface area contributed by atoms with E-state index in [9.17, 15) is 26.7 Å². The van der Waals surface area contributed by atoms with E-state index in [1.807, 2.05) is 6.26 Å². The molecule has 0 radical (unpaired) electrons. The average molecular weight is 376 g/mol. The zero-order chi connectivity index (χ0) is 18.7. The van der Waals surface area contributed by atoms with E-state index < -0.39 is 17.7 Å². The molecule has 0 N–H and O–H groups in total. The SMILES string of the molecule is CSc1ccc(C(=O)COc2ccc(C(F)(F)C(F)(F)F)cc2)cc1. The molecule has 134 valence electrons. The fraction of sp³-hybridized carbons (Fsp3) is 0.235. The van der Waals surface area contributed by atoms with Crippen LogP contribution in [-0.2, 0) is 5.92 Å². The van der Waals surface area contributed by atoms with Crippen molar-refractivity contribution in [2.75, 3.05) is 12.9 Å². The van der Waals surface area contributed by atoms with Gasteiger partial charge in [0, 0.05) is 16.0 Å². The van der Waals surface area contributed by atoms with Crippen LogP contribution < -0.4 is 4.74 Å². The number of ketones is 1. The highest BCUT2D eigenvalue weighted by Gasteiger charge is 2.58. The van der Waals surface area contributed by atoms with Gasteiger partial charge in [0.2, 0.25) is 0 Å². The lowest BCUT2D eigenvalue weighted by Gasteiger charge is -2.19. The lowest BCUT2D eigenvalue weighted by Crippen LogP contribution is -2.33. The van der Waals surface area contributed by atoms with Gasteiger partial charge in [-0.15, -0.1) is 11.8 Å². The van der Waals surface area contributed by atoms with Gasteiger partial charge < -0.3 is 4.74 Å². The largest absolute Gasteiger partial charge is 0.485 e. The third-order valence-corrected chi connectivity index (χ3v) is 4.10. The molecule has 0 saturated heterocycles. The maximum Gasteiger partial charge on any atom is 0.458 e. The Bertz CT molecular complexity index is 724. The summed E-state index contributed by atoms with van der Waals surface area (Å²) in [5, 5.41) is 0. The summed E-state index contributed by atoms with van der Waals surface area (Å²) in [7, 11) is 0. The van der Waals surface area contributed by atoms with Crippen LogP contribution in [0.5, 0.6) is 5.75 Å².